The van der Waals surface area contributed by atoms with Gasteiger partial charge in [0.2, 0.25) is 11.8 Å². The number of nitrogens with one attached hydrogen (secondary N) is 1. The Morgan fingerprint density at radius 2 is 1.88 bits per heavy atom. The molecule has 1 aliphatic rings. The Morgan fingerprint density at radius 1 is 1.09 bits per heavy atom. The summed E-state index contributed by atoms with van der Waals surface area (Å²) in [6.45, 7) is 3.39. The number of rotatable bonds is 10. The first-order chi connectivity index (χ1) is 15.5. The van der Waals surface area contributed by atoms with Gasteiger partial charge in [-0.15, -0.1) is 0 Å². The van der Waals surface area contributed by atoms with Crippen molar-refractivity contribution in [2.45, 2.75) is 32.6 Å². The quantitative estimate of drug-likeness (QED) is 0.431. The van der Waals surface area contributed by atoms with Crippen molar-refractivity contribution < 1.29 is 23.8 Å². The summed E-state index contributed by atoms with van der Waals surface area (Å²) in [4.78, 5) is 26.3. The second-order valence-electron chi connectivity index (χ2n) is 7.47. The molecule has 0 unspecified atom stereocenters. The molecule has 2 aromatic rings. The molecule has 1 N–H and O–H groups in total. The zero-order chi connectivity index (χ0) is 22.9. The number of benzene rings is 2. The summed E-state index contributed by atoms with van der Waals surface area (Å²) in [5.74, 6) is 1.68. The third kappa shape index (κ3) is 5.81. The molecular weight excluding hydrogens is 408 g/mol. The van der Waals surface area contributed by atoms with Gasteiger partial charge in [-0.05, 0) is 54.8 Å². The van der Waals surface area contributed by atoms with Crippen LogP contribution in [0.25, 0.3) is 6.08 Å². The largest absolute Gasteiger partial charge is 0.495 e. The van der Waals surface area contributed by atoms with Crippen molar-refractivity contribution in [3.8, 4) is 17.2 Å². The highest BCUT2D eigenvalue weighted by Crippen LogP contribution is 2.34. The Labute approximate surface area is 189 Å². The van der Waals surface area contributed by atoms with Crippen LogP contribution >= 0.6 is 0 Å². The molecule has 0 saturated carbocycles. The number of nitrogens with zero attached hydrogens (tertiary/aromatic N) is 1. The Balaban J connectivity index is 1.68. The fourth-order valence-corrected chi connectivity index (χ4v) is 3.47. The fraction of sp³-hybridized carbons (Fsp3) is 0.360. The first-order valence-electron chi connectivity index (χ1n) is 10.8. The number of methoxy groups -OCH3 is 2. The number of hydrogen-bond acceptors (Lipinski definition) is 5. The van der Waals surface area contributed by atoms with Crippen LogP contribution in [-0.4, -0.2) is 39.2 Å². The first-order valence-corrected chi connectivity index (χ1v) is 10.8. The zero-order valence-electron chi connectivity index (χ0n) is 18.8. The molecule has 2 aromatic carbocycles. The molecule has 7 nitrogen and oxygen atoms in total. The van der Waals surface area contributed by atoms with Gasteiger partial charge in [-0.3, -0.25) is 9.59 Å². The van der Waals surface area contributed by atoms with E-state index in [0.29, 0.717) is 48.2 Å². The molecule has 1 fully saturated rings. The van der Waals surface area contributed by atoms with Crippen molar-refractivity contribution in [2.24, 2.45) is 0 Å². The van der Waals surface area contributed by atoms with Crippen LogP contribution in [0.15, 0.2) is 42.5 Å². The van der Waals surface area contributed by atoms with Crippen LogP contribution in [0, 0.1) is 0 Å². The van der Waals surface area contributed by atoms with E-state index in [1.807, 2.05) is 18.2 Å². The summed E-state index contributed by atoms with van der Waals surface area (Å²) in [5.41, 5.74) is 2.07. The van der Waals surface area contributed by atoms with Gasteiger partial charge in [0.15, 0.2) is 11.5 Å². The third-order valence-corrected chi connectivity index (χ3v) is 5.18. The molecule has 7 heteroatoms. The molecule has 32 heavy (non-hydrogen) atoms. The third-order valence-electron chi connectivity index (χ3n) is 5.18. The Bertz CT molecular complexity index is 986. The SMILES string of the molecule is CCCCOc1ccc(/C=C/C(=O)Nc2ccc(OC)c(N3CCCC3=O)c2)cc1OC. The van der Waals surface area contributed by atoms with Gasteiger partial charge in [0.1, 0.15) is 5.75 Å². The van der Waals surface area contributed by atoms with Crippen molar-refractivity contribution in [1.29, 1.82) is 0 Å². The summed E-state index contributed by atoms with van der Waals surface area (Å²) in [7, 11) is 3.16. The predicted octanol–water partition coefficient (Wildman–Crippen LogP) is 4.66. The molecule has 0 aliphatic carbocycles. The number of ether oxygens (including phenoxy) is 3. The van der Waals surface area contributed by atoms with E-state index in [9.17, 15) is 9.59 Å². The maximum absolute atomic E-state index is 12.5. The molecule has 170 valence electrons. The van der Waals surface area contributed by atoms with E-state index < -0.39 is 0 Å². The fourth-order valence-electron chi connectivity index (χ4n) is 3.47. The van der Waals surface area contributed by atoms with Crippen LogP contribution in [0.1, 0.15) is 38.2 Å². The lowest BCUT2D eigenvalue weighted by molar-refractivity contribution is -0.117. The van der Waals surface area contributed by atoms with Crippen molar-refractivity contribution in [3.05, 3.63) is 48.0 Å². The molecular formula is C25H30N2O5. The number of amides is 2. The first kappa shape index (κ1) is 23.2. The number of carbonyl (C=O) groups excluding carboxylic acids is 2. The lowest BCUT2D eigenvalue weighted by atomic mass is 10.2. The van der Waals surface area contributed by atoms with Crippen molar-refractivity contribution in [3.63, 3.8) is 0 Å². The molecule has 1 aliphatic heterocycles. The minimum absolute atomic E-state index is 0.0581. The van der Waals surface area contributed by atoms with Crippen LogP contribution < -0.4 is 24.4 Å². The summed E-state index contributed by atoms with van der Waals surface area (Å²) in [6.07, 6.45) is 6.53. The highest BCUT2D eigenvalue weighted by Gasteiger charge is 2.24. The highest BCUT2D eigenvalue weighted by atomic mass is 16.5. The maximum atomic E-state index is 12.5. The van der Waals surface area contributed by atoms with Crippen molar-refractivity contribution in [1.82, 2.24) is 0 Å². The summed E-state index contributed by atoms with van der Waals surface area (Å²) >= 11 is 0. The van der Waals surface area contributed by atoms with Crippen LogP contribution in [0.2, 0.25) is 0 Å². The Morgan fingerprint density at radius 3 is 2.56 bits per heavy atom. The summed E-state index contributed by atoms with van der Waals surface area (Å²) < 4.78 is 16.5. The second-order valence-corrected chi connectivity index (χ2v) is 7.47. The molecule has 0 atom stereocenters. The van der Waals surface area contributed by atoms with E-state index in [1.54, 1.807) is 43.4 Å². The van der Waals surface area contributed by atoms with E-state index >= 15 is 0 Å². The van der Waals surface area contributed by atoms with Gasteiger partial charge in [0.05, 0.1) is 26.5 Å². The maximum Gasteiger partial charge on any atom is 0.248 e. The molecule has 3 rings (SSSR count). The van der Waals surface area contributed by atoms with Gasteiger partial charge in [-0.1, -0.05) is 19.4 Å². The van der Waals surface area contributed by atoms with E-state index in [4.69, 9.17) is 14.2 Å². The van der Waals surface area contributed by atoms with Gasteiger partial charge in [0.25, 0.3) is 0 Å². The molecule has 0 aromatic heterocycles. The van der Waals surface area contributed by atoms with Gasteiger partial charge < -0.3 is 24.4 Å². The zero-order valence-corrected chi connectivity index (χ0v) is 18.8. The van der Waals surface area contributed by atoms with Gasteiger partial charge in [-0.2, -0.15) is 0 Å². The van der Waals surface area contributed by atoms with Crippen LogP contribution in [0.3, 0.4) is 0 Å². The molecule has 0 radical (unpaired) electrons. The molecule has 0 spiro atoms. The summed E-state index contributed by atoms with van der Waals surface area (Å²) in [6, 6.07) is 10.8. The molecule has 2 amide bonds. The van der Waals surface area contributed by atoms with Crippen LogP contribution in [-0.2, 0) is 9.59 Å². The topological polar surface area (TPSA) is 77.1 Å². The van der Waals surface area contributed by atoms with E-state index in [1.165, 1.54) is 6.08 Å². The van der Waals surface area contributed by atoms with Crippen molar-refractivity contribution in [2.75, 3.05) is 37.6 Å². The number of anilines is 2. The standard InChI is InChI=1S/C25H30N2O5/c1-4-5-15-32-22-11-8-18(16-23(22)31-3)9-13-24(28)26-19-10-12-21(30-2)20(17-19)27-14-6-7-25(27)29/h8-13,16-17H,4-7,14-15H2,1-3H3,(H,26,28)/b13-9+. The highest BCUT2D eigenvalue weighted by molar-refractivity contribution is 6.03. The average molecular weight is 439 g/mol. The number of hydrogen-bond donors (Lipinski definition) is 1. The number of unbranched alkanes of at least 4 members (excludes halogenated alkanes) is 1. The molecule has 0 bridgehead atoms. The van der Waals surface area contributed by atoms with E-state index in [2.05, 4.69) is 12.2 Å². The molecule has 1 heterocycles. The van der Waals surface area contributed by atoms with Gasteiger partial charge in [-0.25, -0.2) is 0 Å². The molecule has 1 saturated heterocycles. The van der Waals surface area contributed by atoms with Gasteiger partial charge >= 0.3 is 0 Å². The van der Waals surface area contributed by atoms with Crippen LogP contribution in [0.4, 0.5) is 11.4 Å². The van der Waals surface area contributed by atoms with E-state index in [0.717, 1.165) is 24.8 Å². The normalized spacial score (nSPS) is 13.5. The lowest BCUT2D eigenvalue weighted by Crippen LogP contribution is -2.24. The minimum Gasteiger partial charge on any atom is -0.495 e. The second kappa shape index (κ2) is 11.2. The van der Waals surface area contributed by atoms with Gasteiger partial charge in [0, 0.05) is 24.7 Å². The average Bonchev–Trinajstić information content (AvgIpc) is 3.24. The minimum atomic E-state index is -0.281. The smallest absolute Gasteiger partial charge is 0.248 e. The number of carbonyl (C=O) groups is 2. The Hall–Kier alpha value is -3.48. The predicted molar refractivity (Wildman–Crippen MR) is 126 cm³/mol. The van der Waals surface area contributed by atoms with E-state index in [-0.39, 0.29) is 11.8 Å². The Kier molecular flexibility index (Phi) is 8.14. The van der Waals surface area contributed by atoms with Crippen molar-refractivity contribution >= 4 is 29.3 Å². The lowest BCUT2D eigenvalue weighted by Gasteiger charge is -2.20. The summed E-state index contributed by atoms with van der Waals surface area (Å²) in [5, 5.41) is 2.84. The monoisotopic (exact) mass is 438 g/mol. The van der Waals surface area contributed by atoms with Crippen LogP contribution in [0.5, 0.6) is 17.2 Å².